The Morgan fingerprint density at radius 2 is 1.85 bits per heavy atom. The molecular weight excluding hydrogens is 248 g/mol. The van der Waals surface area contributed by atoms with Crippen molar-refractivity contribution in [3.05, 3.63) is 11.4 Å². The number of hydrogen-bond donors (Lipinski definition) is 2. The predicted molar refractivity (Wildman–Crippen MR) is 84.9 cm³/mol. The maximum absolute atomic E-state index is 6.00. The van der Waals surface area contributed by atoms with E-state index in [1.54, 1.807) is 0 Å². The second-order valence-corrected chi connectivity index (χ2v) is 6.60. The van der Waals surface area contributed by atoms with E-state index in [9.17, 15) is 0 Å². The molecule has 2 rings (SSSR count). The van der Waals surface area contributed by atoms with Crippen LogP contribution in [0.2, 0.25) is 0 Å². The smallest absolute Gasteiger partial charge is 0.135 e. The quantitative estimate of drug-likeness (QED) is 0.879. The van der Waals surface area contributed by atoms with Gasteiger partial charge in [-0.25, -0.2) is 9.97 Å². The van der Waals surface area contributed by atoms with E-state index < -0.39 is 0 Å². The van der Waals surface area contributed by atoms with Crippen LogP contribution in [0.25, 0.3) is 0 Å². The second kappa shape index (κ2) is 6.42. The van der Waals surface area contributed by atoms with Gasteiger partial charge in [-0.15, -0.1) is 0 Å². The Morgan fingerprint density at radius 1 is 1.20 bits per heavy atom. The van der Waals surface area contributed by atoms with Gasteiger partial charge in [0.1, 0.15) is 17.5 Å². The molecule has 1 fully saturated rings. The first-order valence-corrected chi connectivity index (χ1v) is 7.85. The minimum atomic E-state index is 0.300. The number of hydrogen-bond acceptors (Lipinski definition) is 4. The molecular formula is C16H28N4. The van der Waals surface area contributed by atoms with Crippen molar-refractivity contribution in [3.8, 4) is 0 Å². The van der Waals surface area contributed by atoms with Crippen molar-refractivity contribution in [2.24, 2.45) is 11.8 Å². The van der Waals surface area contributed by atoms with Gasteiger partial charge in [0.05, 0.1) is 0 Å². The zero-order chi connectivity index (χ0) is 14.7. The summed E-state index contributed by atoms with van der Waals surface area (Å²) in [5.74, 6) is 4.31. The average molecular weight is 276 g/mol. The largest absolute Gasteiger partial charge is 0.383 e. The van der Waals surface area contributed by atoms with Crippen LogP contribution >= 0.6 is 0 Å². The van der Waals surface area contributed by atoms with Crippen LogP contribution in [0, 0.1) is 18.8 Å². The van der Waals surface area contributed by atoms with E-state index in [-0.39, 0.29) is 0 Å². The Kier molecular flexibility index (Phi) is 4.84. The molecule has 1 aromatic heterocycles. The third kappa shape index (κ3) is 3.62. The molecule has 1 aliphatic carbocycles. The highest BCUT2D eigenvalue weighted by atomic mass is 15.1. The SMILES string of the molecule is Cc1c(N)nc(C(C)C)nc1NCC1CCC(C)CC1. The zero-order valence-corrected chi connectivity index (χ0v) is 13.2. The summed E-state index contributed by atoms with van der Waals surface area (Å²) in [5, 5.41) is 3.50. The molecule has 0 bridgehead atoms. The van der Waals surface area contributed by atoms with Crippen molar-refractivity contribution in [2.75, 3.05) is 17.6 Å². The highest BCUT2D eigenvalue weighted by Crippen LogP contribution is 2.29. The molecule has 0 radical (unpaired) electrons. The molecule has 1 aliphatic rings. The second-order valence-electron chi connectivity index (χ2n) is 6.60. The summed E-state index contributed by atoms with van der Waals surface area (Å²) in [6.07, 6.45) is 5.36. The van der Waals surface area contributed by atoms with E-state index in [1.165, 1.54) is 25.7 Å². The number of rotatable bonds is 4. The standard InChI is InChI=1S/C16H28N4/c1-10(2)15-19-14(17)12(4)16(20-15)18-9-13-7-5-11(3)6-8-13/h10-11,13H,5-9H2,1-4H3,(H3,17,18,19,20). The minimum absolute atomic E-state index is 0.300. The number of nitrogens with one attached hydrogen (secondary N) is 1. The Morgan fingerprint density at radius 3 is 2.45 bits per heavy atom. The van der Waals surface area contributed by atoms with Crippen LogP contribution < -0.4 is 11.1 Å². The van der Waals surface area contributed by atoms with Gasteiger partial charge >= 0.3 is 0 Å². The van der Waals surface area contributed by atoms with Crippen molar-refractivity contribution in [1.29, 1.82) is 0 Å². The lowest BCUT2D eigenvalue weighted by molar-refractivity contribution is 0.300. The van der Waals surface area contributed by atoms with Gasteiger partial charge in [-0.3, -0.25) is 0 Å². The van der Waals surface area contributed by atoms with Crippen molar-refractivity contribution < 1.29 is 0 Å². The van der Waals surface area contributed by atoms with Crippen molar-refractivity contribution in [3.63, 3.8) is 0 Å². The Balaban J connectivity index is 2.01. The molecule has 112 valence electrons. The monoisotopic (exact) mass is 276 g/mol. The molecule has 0 amide bonds. The predicted octanol–water partition coefficient (Wildman–Crippen LogP) is 3.73. The van der Waals surface area contributed by atoms with Gasteiger partial charge in [-0.05, 0) is 31.6 Å². The van der Waals surface area contributed by atoms with E-state index in [4.69, 9.17) is 5.73 Å². The third-order valence-corrected chi connectivity index (χ3v) is 4.41. The van der Waals surface area contributed by atoms with E-state index in [0.29, 0.717) is 11.7 Å². The maximum Gasteiger partial charge on any atom is 0.135 e. The molecule has 0 spiro atoms. The molecule has 4 nitrogen and oxygen atoms in total. The minimum Gasteiger partial charge on any atom is -0.383 e. The van der Waals surface area contributed by atoms with E-state index in [2.05, 4.69) is 36.1 Å². The van der Waals surface area contributed by atoms with Crippen LogP contribution in [-0.4, -0.2) is 16.5 Å². The van der Waals surface area contributed by atoms with Crippen LogP contribution in [0.4, 0.5) is 11.6 Å². The molecule has 1 saturated carbocycles. The number of anilines is 2. The van der Waals surface area contributed by atoms with Gasteiger partial charge in [0.15, 0.2) is 0 Å². The lowest BCUT2D eigenvalue weighted by atomic mass is 9.83. The Hall–Kier alpha value is -1.32. The average Bonchev–Trinajstić information content (AvgIpc) is 2.42. The molecule has 0 aliphatic heterocycles. The van der Waals surface area contributed by atoms with Crippen LogP contribution in [-0.2, 0) is 0 Å². The number of aromatic nitrogens is 2. The molecule has 4 heteroatoms. The van der Waals surface area contributed by atoms with Gasteiger partial charge in [0.25, 0.3) is 0 Å². The first kappa shape index (κ1) is 15.1. The first-order valence-electron chi connectivity index (χ1n) is 7.85. The molecule has 0 atom stereocenters. The normalized spacial score (nSPS) is 23.1. The Labute approximate surface area is 122 Å². The lowest BCUT2D eigenvalue weighted by Gasteiger charge is -2.26. The molecule has 3 N–H and O–H groups in total. The molecule has 0 unspecified atom stereocenters. The molecule has 0 saturated heterocycles. The van der Waals surface area contributed by atoms with E-state index in [1.807, 2.05) is 6.92 Å². The summed E-state index contributed by atoms with van der Waals surface area (Å²) in [4.78, 5) is 8.99. The zero-order valence-electron chi connectivity index (χ0n) is 13.2. The highest BCUT2D eigenvalue weighted by Gasteiger charge is 2.19. The molecule has 0 aromatic carbocycles. The summed E-state index contributed by atoms with van der Waals surface area (Å²) < 4.78 is 0. The van der Waals surface area contributed by atoms with Gasteiger partial charge in [0.2, 0.25) is 0 Å². The van der Waals surface area contributed by atoms with Crippen molar-refractivity contribution in [1.82, 2.24) is 9.97 Å². The fraction of sp³-hybridized carbons (Fsp3) is 0.750. The third-order valence-electron chi connectivity index (χ3n) is 4.41. The molecule has 1 heterocycles. The van der Waals surface area contributed by atoms with Gasteiger partial charge in [-0.1, -0.05) is 33.6 Å². The molecule has 20 heavy (non-hydrogen) atoms. The topological polar surface area (TPSA) is 63.8 Å². The highest BCUT2D eigenvalue weighted by molar-refractivity contribution is 5.54. The number of nitrogens with zero attached hydrogens (tertiary/aromatic N) is 2. The lowest BCUT2D eigenvalue weighted by Crippen LogP contribution is -2.21. The van der Waals surface area contributed by atoms with Gasteiger partial charge in [-0.2, -0.15) is 0 Å². The first-order chi connectivity index (χ1) is 9.47. The number of nitrogen functional groups attached to an aromatic ring is 1. The number of nitrogens with two attached hydrogens (primary N) is 1. The van der Waals surface area contributed by atoms with Crippen LogP contribution in [0.3, 0.4) is 0 Å². The fourth-order valence-corrected chi connectivity index (χ4v) is 2.76. The maximum atomic E-state index is 6.00. The summed E-state index contributed by atoms with van der Waals surface area (Å²) in [5.41, 5.74) is 6.97. The van der Waals surface area contributed by atoms with Gasteiger partial charge < -0.3 is 11.1 Å². The van der Waals surface area contributed by atoms with Crippen molar-refractivity contribution >= 4 is 11.6 Å². The van der Waals surface area contributed by atoms with Crippen LogP contribution in [0.15, 0.2) is 0 Å². The van der Waals surface area contributed by atoms with E-state index >= 15 is 0 Å². The van der Waals surface area contributed by atoms with Crippen LogP contribution in [0.1, 0.15) is 63.8 Å². The summed E-state index contributed by atoms with van der Waals surface area (Å²) in [7, 11) is 0. The summed E-state index contributed by atoms with van der Waals surface area (Å²) in [6.45, 7) is 9.53. The summed E-state index contributed by atoms with van der Waals surface area (Å²) >= 11 is 0. The summed E-state index contributed by atoms with van der Waals surface area (Å²) in [6, 6.07) is 0. The van der Waals surface area contributed by atoms with Gasteiger partial charge in [0, 0.05) is 18.0 Å². The molecule has 1 aromatic rings. The van der Waals surface area contributed by atoms with Crippen LogP contribution in [0.5, 0.6) is 0 Å². The fourth-order valence-electron chi connectivity index (χ4n) is 2.76. The van der Waals surface area contributed by atoms with Crippen molar-refractivity contribution in [2.45, 2.75) is 59.3 Å². The Bertz CT molecular complexity index is 448. The van der Waals surface area contributed by atoms with E-state index in [0.717, 1.165) is 35.6 Å².